The van der Waals surface area contributed by atoms with Crippen molar-refractivity contribution in [1.29, 1.82) is 0 Å². The Bertz CT molecular complexity index is 323. The number of aliphatic hydroxyl groups is 1. The van der Waals surface area contributed by atoms with Gasteiger partial charge in [-0.25, -0.2) is 0 Å². The zero-order valence-electron chi connectivity index (χ0n) is 19.9. The van der Waals surface area contributed by atoms with Crippen molar-refractivity contribution in [3.63, 3.8) is 0 Å². The van der Waals surface area contributed by atoms with Crippen LogP contribution in [0, 0.1) is 0 Å². The molecule has 2 unspecified atom stereocenters. The van der Waals surface area contributed by atoms with Crippen LogP contribution in [0.15, 0.2) is 0 Å². The fourth-order valence-electron chi connectivity index (χ4n) is 3.08. The molecule has 0 fully saturated rings. The Hall–Kier alpha value is 3.57. The van der Waals surface area contributed by atoms with Crippen LogP contribution in [0.2, 0.25) is 0 Å². The summed E-state index contributed by atoms with van der Waals surface area (Å²) in [7, 11) is -7.03. The second-order valence-corrected chi connectivity index (χ2v) is 9.15. The first-order valence-corrected chi connectivity index (χ1v) is 13.7. The largest absolute Gasteiger partial charge is 1.00 e. The topological polar surface area (TPSA) is 110 Å². The van der Waals surface area contributed by atoms with Gasteiger partial charge in [0, 0.05) is 6.61 Å². The summed E-state index contributed by atoms with van der Waals surface area (Å²) in [4.78, 5) is 18.6. The summed E-state index contributed by atoms with van der Waals surface area (Å²) in [5.41, 5.74) is 0. The first-order valence-electron chi connectivity index (χ1n) is 11.2. The van der Waals surface area contributed by atoms with Crippen molar-refractivity contribution in [2.75, 3.05) is 6.61 Å². The van der Waals surface area contributed by atoms with Crippen molar-refractivity contribution in [1.82, 2.24) is 0 Å². The van der Waals surface area contributed by atoms with Gasteiger partial charge in [-0.15, -0.1) is 0 Å². The number of aliphatic hydroxyl groups excluding tert-OH is 1. The minimum atomic E-state index is -3.51. The Morgan fingerprint density at radius 1 is 0.567 bits per heavy atom. The summed E-state index contributed by atoms with van der Waals surface area (Å²) in [5.74, 6) is 0. The van der Waals surface area contributed by atoms with Gasteiger partial charge in [0.15, 0.2) is 0 Å². The van der Waals surface area contributed by atoms with Crippen molar-refractivity contribution in [3.05, 3.63) is 0 Å². The van der Waals surface area contributed by atoms with E-state index in [1.807, 2.05) is 0 Å². The molecule has 30 heavy (non-hydrogen) atoms. The molecule has 0 spiro atoms. The van der Waals surface area contributed by atoms with E-state index in [0.29, 0.717) is 6.61 Å². The Morgan fingerprint density at radius 3 is 0.967 bits per heavy atom. The predicted octanol–water partition coefficient (Wildman–Crippen LogP) is -0.469. The molecule has 0 aliphatic carbocycles. The van der Waals surface area contributed by atoms with E-state index in [1.165, 1.54) is 109 Å². The van der Waals surface area contributed by atoms with Gasteiger partial charge >= 0.3 is 103 Å². The van der Waals surface area contributed by atoms with E-state index >= 15 is 0 Å². The predicted molar refractivity (Wildman–Crippen MR) is 115 cm³/mol. The molecular weight excluding hydrogens is 476 g/mol. The van der Waals surface area contributed by atoms with E-state index in [0.717, 1.165) is 6.42 Å². The summed E-state index contributed by atoms with van der Waals surface area (Å²) in [6, 6.07) is 0. The summed E-state index contributed by atoms with van der Waals surface area (Å²) in [6.45, 7) is 2.66. The molecule has 10 heteroatoms. The number of hydrogen-bond donors (Lipinski definition) is 1. The quantitative estimate of drug-likeness (QED) is 0.132. The van der Waals surface area contributed by atoms with Crippen LogP contribution in [-0.2, 0) is 13.4 Å². The minimum Gasteiger partial charge on any atom is -0.781 e. The molecule has 0 aliphatic rings. The van der Waals surface area contributed by atoms with Crippen LogP contribution in [-0.4, -0.2) is 11.7 Å². The number of rotatable bonds is 20. The van der Waals surface area contributed by atoms with Gasteiger partial charge in [0.25, 0.3) is 0 Å². The van der Waals surface area contributed by atoms with Crippen LogP contribution in [0.4, 0.5) is 0 Å². The maximum Gasteiger partial charge on any atom is 1.00 e. The number of hydrogen-bond acceptors (Lipinski definition) is 6. The second-order valence-electron chi connectivity index (χ2n) is 7.34. The molecule has 0 saturated carbocycles. The molecule has 0 radical (unpaired) electrons. The summed E-state index contributed by atoms with van der Waals surface area (Å²) >= 11 is 0. The van der Waals surface area contributed by atoms with E-state index in [9.17, 15) is 18.9 Å². The fraction of sp³-hybridized carbons (Fsp3) is 1.00. The van der Waals surface area contributed by atoms with Gasteiger partial charge in [0.1, 0.15) is 16.5 Å². The fourth-order valence-corrected chi connectivity index (χ4v) is 3.63. The molecule has 1 N–H and O–H groups in total. The maximum atomic E-state index is 9.29. The average molecular weight is 521 g/mol. The van der Waals surface area contributed by atoms with E-state index in [1.54, 1.807) is 0 Å². The molecule has 0 amide bonds. The van der Waals surface area contributed by atoms with Crippen LogP contribution >= 0.6 is 16.5 Å². The SMILES string of the molecule is CCCCCCCCCCCCCCCCCCCCO.O=[PH]([O-])O[PH](=O)[O-].[K+].[K+]. The molecule has 0 heterocycles. The molecule has 0 rings (SSSR count). The molecular formula is C20H44K2O6P2. The van der Waals surface area contributed by atoms with Gasteiger partial charge in [-0.1, -0.05) is 116 Å². The standard InChI is InChI=1S/C20H42O.2K.H4O5P2/c1-2-3-4-5-6-7-8-9-10-11-12-13-14-15-16-17-18-19-20-21;;;1-6(2)5-7(3)4/h21H,2-20H2,1H3;;;6-7H,(H,1,2)(H,3,4)/q;2*+1;/p-2. The smallest absolute Gasteiger partial charge is 0.781 e. The van der Waals surface area contributed by atoms with E-state index < -0.39 is 16.5 Å². The van der Waals surface area contributed by atoms with Crippen molar-refractivity contribution >= 4 is 16.5 Å². The second kappa shape index (κ2) is 37.1. The summed E-state index contributed by atoms with van der Waals surface area (Å²) in [5, 5.41) is 8.69. The van der Waals surface area contributed by atoms with Crippen molar-refractivity contribution in [3.8, 4) is 0 Å². The Labute approximate surface area is 272 Å². The van der Waals surface area contributed by atoms with Gasteiger partial charge in [-0.3, -0.25) is 4.31 Å². The monoisotopic (exact) mass is 520 g/mol. The van der Waals surface area contributed by atoms with Crippen molar-refractivity contribution < 1.29 is 131 Å². The van der Waals surface area contributed by atoms with Gasteiger partial charge in [-0.05, 0) is 6.42 Å². The van der Waals surface area contributed by atoms with E-state index in [2.05, 4.69) is 11.2 Å². The first kappa shape index (κ1) is 40.7. The van der Waals surface area contributed by atoms with Gasteiger partial charge in [0.2, 0.25) is 0 Å². The van der Waals surface area contributed by atoms with Gasteiger partial charge < -0.3 is 24.0 Å². The molecule has 0 aromatic heterocycles. The normalized spacial score (nSPS) is 12.1. The molecule has 0 aliphatic heterocycles. The van der Waals surface area contributed by atoms with E-state index in [4.69, 9.17) is 5.11 Å². The zero-order valence-corrected chi connectivity index (χ0v) is 28.2. The molecule has 0 aromatic rings. The molecule has 0 saturated heterocycles. The van der Waals surface area contributed by atoms with Gasteiger partial charge in [0.05, 0.1) is 0 Å². The van der Waals surface area contributed by atoms with Crippen molar-refractivity contribution in [2.45, 2.75) is 122 Å². The Kier molecular flexibility index (Phi) is 50.4. The average Bonchev–Trinajstić information content (AvgIpc) is 2.63. The third-order valence-electron chi connectivity index (χ3n) is 4.68. The maximum absolute atomic E-state index is 9.29. The van der Waals surface area contributed by atoms with Crippen molar-refractivity contribution in [2.24, 2.45) is 0 Å². The van der Waals surface area contributed by atoms with Crippen LogP contribution in [0.1, 0.15) is 122 Å². The Morgan fingerprint density at radius 2 is 0.800 bits per heavy atom. The van der Waals surface area contributed by atoms with Gasteiger partial charge in [-0.2, -0.15) is 0 Å². The number of unbranched alkanes of at least 4 members (excludes halogenated alkanes) is 17. The Balaban J connectivity index is -0.000000323. The van der Waals surface area contributed by atoms with E-state index in [-0.39, 0.29) is 103 Å². The summed E-state index contributed by atoms with van der Waals surface area (Å²) in [6.07, 6.45) is 25.1. The molecule has 2 atom stereocenters. The third kappa shape index (κ3) is 45.1. The van der Waals surface area contributed by atoms with Crippen LogP contribution in [0.25, 0.3) is 0 Å². The summed E-state index contributed by atoms with van der Waals surface area (Å²) < 4.78 is 21.8. The van der Waals surface area contributed by atoms with Crippen LogP contribution in [0.5, 0.6) is 0 Å². The minimum absolute atomic E-state index is 0. The third-order valence-corrected chi connectivity index (χ3v) is 6.01. The van der Waals surface area contributed by atoms with Crippen LogP contribution < -0.4 is 113 Å². The molecule has 172 valence electrons. The molecule has 0 bridgehead atoms. The first-order chi connectivity index (χ1) is 13.5. The molecule has 0 aromatic carbocycles. The van der Waals surface area contributed by atoms with Crippen LogP contribution in [0.3, 0.4) is 0 Å². The zero-order chi connectivity index (χ0) is 21.3. The molecule has 6 nitrogen and oxygen atoms in total.